The molecule has 2 heteroatoms. The van der Waals surface area contributed by atoms with Crippen molar-refractivity contribution in [3.8, 4) is 0 Å². The summed E-state index contributed by atoms with van der Waals surface area (Å²) in [5.41, 5.74) is 7.73. The second kappa shape index (κ2) is 11.2. The lowest BCUT2D eigenvalue weighted by Crippen LogP contribution is -2.57. The van der Waals surface area contributed by atoms with Gasteiger partial charge in [-0.3, -0.25) is 0 Å². The van der Waals surface area contributed by atoms with Crippen molar-refractivity contribution in [3.63, 3.8) is 0 Å². The zero-order valence-electron chi connectivity index (χ0n) is 25.5. The molecule has 0 aliphatic heterocycles. The summed E-state index contributed by atoms with van der Waals surface area (Å²) in [6, 6.07) is 1.40. The molecule has 0 fully saturated rings. The molecule has 0 heterocycles. The number of quaternary nitrogens is 2. The maximum atomic E-state index is 2.50. The molecule has 2 aliphatic carbocycles. The Hall–Kier alpha value is -0.600. The van der Waals surface area contributed by atoms with E-state index in [4.69, 9.17) is 0 Å². The van der Waals surface area contributed by atoms with Crippen molar-refractivity contribution >= 4 is 0 Å². The molecule has 0 saturated carbocycles. The first-order chi connectivity index (χ1) is 15.5. The van der Waals surface area contributed by atoms with E-state index in [9.17, 15) is 0 Å². The Morgan fingerprint density at radius 2 is 0.971 bits per heavy atom. The number of hydrogen-bond acceptors (Lipinski definition) is 0. The van der Waals surface area contributed by atoms with E-state index in [1.807, 2.05) is 0 Å². The average Bonchev–Trinajstić information content (AvgIpc) is 2.70. The van der Waals surface area contributed by atoms with Crippen molar-refractivity contribution in [1.29, 1.82) is 0 Å². The first-order valence-electron chi connectivity index (χ1n) is 14.5. The summed E-state index contributed by atoms with van der Waals surface area (Å²) in [5, 5.41) is 0. The van der Waals surface area contributed by atoms with Gasteiger partial charge in [-0.15, -0.1) is 0 Å². The molecule has 2 nitrogen and oxygen atoms in total. The molecule has 198 valence electrons. The molecule has 2 rings (SSSR count). The highest BCUT2D eigenvalue weighted by molar-refractivity contribution is 5.23. The van der Waals surface area contributed by atoms with Gasteiger partial charge >= 0.3 is 0 Å². The summed E-state index contributed by atoms with van der Waals surface area (Å²) in [6.45, 7) is 22.2. The van der Waals surface area contributed by atoms with E-state index in [0.717, 1.165) is 8.97 Å². The highest BCUT2D eigenvalue weighted by Gasteiger charge is 2.34. The monoisotopic (exact) mass is 474 g/mol. The molecule has 2 atom stereocenters. The minimum atomic E-state index is 0.411. The van der Waals surface area contributed by atoms with Crippen LogP contribution in [0.1, 0.15) is 120 Å². The molecule has 34 heavy (non-hydrogen) atoms. The molecule has 0 aromatic heterocycles. The number of hydrogen-bond donors (Lipinski definition) is 0. The largest absolute Gasteiger partial charge is 0.322 e. The number of rotatable bonds is 11. The Balaban J connectivity index is 1.91. The van der Waals surface area contributed by atoms with E-state index in [0.29, 0.717) is 22.9 Å². The van der Waals surface area contributed by atoms with Crippen molar-refractivity contribution in [2.24, 2.45) is 10.8 Å². The van der Waals surface area contributed by atoms with E-state index >= 15 is 0 Å². The zero-order valence-corrected chi connectivity index (χ0v) is 25.5. The standard InChI is InChI=1S/C32H62N2/c1-25-15-13-21-31(5,6)29(25)19-17-27(3)33(9,10)23-24-34(11,12)28(4)18-20-30-26(2)16-14-22-32(30,7)8/h27-28H,13-24H2,1-12H3/q+2. The maximum absolute atomic E-state index is 2.50. The molecule has 0 bridgehead atoms. The van der Waals surface area contributed by atoms with Crippen molar-refractivity contribution < 1.29 is 8.97 Å². The molecule has 2 aliphatic rings. The normalized spacial score (nSPS) is 23.3. The third-order valence-corrected chi connectivity index (χ3v) is 10.6. The fourth-order valence-corrected chi connectivity index (χ4v) is 6.82. The Bertz CT molecular complexity index is 683. The van der Waals surface area contributed by atoms with E-state index in [-0.39, 0.29) is 0 Å². The fourth-order valence-electron chi connectivity index (χ4n) is 6.82. The molecule has 0 aromatic carbocycles. The van der Waals surface area contributed by atoms with Gasteiger partial charge in [0.1, 0.15) is 13.1 Å². The third kappa shape index (κ3) is 7.45. The van der Waals surface area contributed by atoms with Crippen LogP contribution in [0.25, 0.3) is 0 Å². The Labute approximate surface area is 215 Å². The Morgan fingerprint density at radius 1 is 0.647 bits per heavy atom. The first kappa shape index (κ1) is 29.6. The van der Waals surface area contributed by atoms with Crippen LogP contribution in [0, 0.1) is 10.8 Å². The summed E-state index contributed by atoms with van der Waals surface area (Å²) in [5.74, 6) is 0. The van der Waals surface area contributed by atoms with Crippen molar-refractivity contribution in [1.82, 2.24) is 0 Å². The number of nitrogens with zero attached hydrogens (tertiary/aromatic N) is 2. The van der Waals surface area contributed by atoms with Gasteiger partial charge in [0.2, 0.25) is 0 Å². The second-order valence-electron chi connectivity index (χ2n) is 14.8. The van der Waals surface area contributed by atoms with Crippen LogP contribution >= 0.6 is 0 Å². The zero-order chi connectivity index (χ0) is 25.9. The Morgan fingerprint density at radius 3 is 1.26 bits per heavy atom. The van der Waals surface area contributed by atoms with E-state index in [1.54, 1.807) is 22.3 Å². The van der Waals surface area contributed by atoms with Crippen LogP contribution in [0.15, 0.2) is 22.3 Å². The van der Waals surface area contributed by atoms with Gasteiger partial charge in [0.05, 0.1) is 40.3 Å². The van der Waals surface area contributed by atoms with Gasteiger partial charge in [-0.2, -0.15) is 0 Å². The molecule has 0 radical (unpaired) electrons. The van der Waals surface area contributed by atoms with Gasteiger partial charge in [-0.1, -0.05) is 50.0 Å². The molecular formula is C32H62N2+2. The van der Waals surface area contributed by atoms with Crippen LogP contribution < -0.4 is 0 Å². The molecule has 0 spiro atoms. The minimum Gasteiger partial charge on any atom is -0.322 e. The van der Waals surface area contributed by atoms with Crippen LogP contribution in [-0.2, 0) is 0 Å². The highest BCUT2D eigenvalue weighted by Crippen LogP contribution is 2.43. The highest BCUT2D eigenvalue weighted by atomic mass is 15.4. The Kier molecular flexibility index (Phi) is 9.76. The lowest BCUT2D eigenvalue weighted by Gasteiger charge is -2.43. The summed E-state index contributed by atoms with van der Waals surface area (Å²) in [7, 11) is 9.89. The summed E-state index contributed by atoms with van der Waals surface area (Å²) in [4.78, 5) is 0. The molecule has 0 N–H and O–H groups in total. The first-order valence-corrected chi connectivity index (χ1v) is 14.5. The SMILES string of the molecule is CC1=C(CCC(C)[N+](C)(C)CC[N+](C)(C)C(C)CCC2=C(C)CCCC2(C)C)C(C)(C)CCC1. The summed E-state index contributed by atoms with van der Waals surface area (Å²) < 4.78 is 2.27. The van der Waals surface area contributed by atoms with E-state index in [1.165, 1.54) is 77.3 Å². The lowest BCUT2D eigenvalue weighted by atomic mass is 9.71. The average molecular weight is 475 g/mol. The van der Waals surface area contributed by atoms with Crippen molar-refractivity contribution in [3.05, 3.63) is 22.3 Å². The van der Waals surface area contributed by atoms with Gasteiger partial charge in [0.25, 0.3) is 0 Å². The van der Waals surface area contributed by atoms with E-state index in [2.05, 4.69) is 83.6 Å². The van der Waals surface area contributed by atoms with Gasteiger partial charge in [-0.05, 0) is 89.9 Å². The smallest absolute Gasteiger partial charge is 0.128 e. The summed E-state index contributed by atoms with van der Waals surface area (Å²) in [6.07, 6.45) is 13.3. The predicted molar refractivity (Wildman–Crippen MR) is 152 cm³/mol. The number of allylic oxidation sites excluding steroid dienone is 4. The minimum absolute atomic E-state index is 0.411. The fraction of sp³-hybridized carbons (Fsp3) is 0.875. The van der Waals surface area contributed by atoms with E-state index < -0.39 is 0 Å². The van der Waals surface area contributed by atoms with Crippen LogP contribution in [0.4, 0.5) is 0 Å². The molecular weight excluding hydrogens is 412 g/mol. The van der Waals surface area contributed by atoms with Gasteiger partial charge in [0.15, 0.2) is 0 Å². The molecule has 0 aromatic rings. The van der Waals surface area contributed by atoms with Crippen LogP contribution in [0.3, 0.4) is 0 Å². The second-order valence-corrected chi connectivity index (χ2v) is 14.8. The number of likely N-dealkylation sites (N-methyl/N-ethyl adjacent to an activating group) is 2. The topological polar surface area (TPSA) is 0 Å². The van der Waals surface area contributed by atoms with Crippen molar-refractivity contribution in [2.75, 3.05) is 41.3 Å². The molecule has 2 unspecified atom stereocenters. The predicted octanol–water partition coefficient (Wildman–Crippen LogP) is 8.53. The third-order valence-electron chi connectivity index (χ3n) is 10.6. The summed E-state index contributed by atoms with van der Waals surface area (Å²) >= 11 is 0. The van der Waals surface area contributed by atoms with Gasteiger partial charge in [0, 0.05) is 12.8 Å². The quantitative estimate of drug-likeness (QED) is 0.208. The van der Waals surface area contributed by atoms with Crippen molar-refractivity contribution in [2.45, 2.75) is 132 Å². The molecule has 0 amide bonds. The molecule has 0 saturated heterocycles. The maximum Gasteiger partial charge on any atom is 0.128 e. The van der Waals surface area contributed by atoms with Gasteiger partial charge < -0.3 is 8.97 Å². The van der Waals surface area contributed by atoms with Gasteiger partial charge in [-0.25, -0.2) is 0 Å². The van der Waals surface area contributed by atoms with Crippen LogP contribution in [0.2, 0.25) is 0 Å². The lowest BCUT2D eigenvalue weighted by molar-refractivity contribution is -0.967. The van der Waals surface area contributed by atoms with Crippen LogP contribution in [-0.4, -0.2) is 62.3 Å². The van der Waals surface area contributed by atoms with Crippen LogP contribution in [0.5, 0.6) is 0 Å².